The van der Waals surface area contributed by atoms with E-state index in [4.69, 9.17) is 10.00 Å². The predicted molar refractivity (Wildman–Crippen MR) is 59.1 cm³/mol. The molecule has 0 N–H and O–H groups in total. The molecule has 1 aromatic heterocycles. The summed E-state index contributed by atoms with van der Waals surface area (Å²) in [6.45, 7) is 3.47. The molecule has 0 atom stereocenters. The van der Waals surface area contributed by atoms with Crippen LogP contribution in [0.4, 0.5) is 0 Å². The first-order chi connectivity index (χ1) is 7.63. The van der Waals surface area contributed by atoms with E-state index in [1.54, 1.807) is 38.4 Å². The highest BCUT2D eigenvalue weighted by Crippen LogP contribution is 2.07. The summed E-state index contributed by atoms with van der Waals surface area (Å²) in [6.07, 6.45) is 4.43. The zero-order valence-electron chi connectivity index (χ0n) is 9.18. The van der Waals surface area contributed by atoms with Gasteiger partial charge in [-0.1, -0.05) is 0 Å². The highest BCUT2D eigenvalue weighted by molar-refractivity contribution is 5.97. The number of hydrogen-bond donors (Lipinski definition) is 0. The van der Waals surface area contributed by atoms with Crippen molar-refractivity contribution in [2.45, 2.75) is 20.0 Å². The first kappa shape index (κ1) is 11.9. The molecule has 0 aliphatic heterocycles. The summed E-state index contributed by atoms with van der Waals surface area (Å²) in [5.41, 5.74) is 0.729. The smallest absolute Gasteiger partial charge is 0.349 e. The summed E-state index contributed by atoms with van der Waals surface area (Å²) >= 11 is 0. The number of nitriles is 1. The fraction of sp³-hybridized carbons (Fsp3) is 0.250. The van der Waals surface area contributed by atoms with Gasteiger partial charge in [-0.05, 0) is 37.6 Å². The van der Waals surface area contributed by atoms with Crippen LogP contribution in [0.25, 0.3) is 6.08 Å². The van der Waals surface area contributed by atoms with E-state index < -0.39 is 5.97 Å². The maximum Gasteiger partial charge on any atom is 0.349 e. The fourth-order valence-electron chi connectivity index (χ4n) is 1.04. The van der Waals surface area contributed by atoms with E-state index in [1.807, 2.05) is 6.07 Å². The van der Waals surface area contributed by atoms with Crippen molar-refractivity contribution in [1.29, 1.82) is 5.26 Å². The van der Waals surface area contributed by atoms with Gasteiger partial charge in [-0.25, -0.2) is 4.79 Å². The van der Waals surface area contributed by atoms with Gasteiger partial charge >= 0.3 is 5.97 Å². The minimum atomic E-state index is -0.602. The monoisotopic (exact) mass is 216 g/mol. The van der Waals surface area contributed by atoms with Gasteiger partial charge in [-0.2, -0.15) is 5.26 Å². The quantitative estimate of drug-likeness (QED) is 0.440. The van der Waals surface area contributed by atoms with Crippen molar-refractivity contribution in [1.82, 2.24) is 4.98 Å². The van der Waals surface area contributed by atoms with E-state index in [-0.39, 0.29) is 11.7 Å². The lowest BCUT2D eigenvalue weighted by atomic mass is 10.2. The number of pyridine rings is 1. The van der Waals surface area contributed by atoms with E-state index in [1.165, 1.54) is 6.08 Å². The molecule has 0 bridgehead atoms. The molecule has 1 rings (SSSR count). The van der Waals surface area contributed by atoms with E-state index >= 15 is 0 Å². The van der Waals surface area contributed by atoms with Crippen LogP contribution < -0.4 is 0 Å². The molecule has 0 aromatic carbocycles. The van der Waals surface area contributed by atoms with Gasteiger partial charge in [-0.15, -0.1) is 0 Å². The number of carbonyl (C=O) groups is 1. The topological polar surface area (TPSA) is 63.0 Å². The van der Waals surface area contributed by atoms with Gasteiger partial charge in [0.2, 0.25) is 0 Å². The Morgan fingerprint density at radius 1 is 1.50 bits per heavy atom. The lowest BCUT2D eigenvalue weighted by Gasteiger charge is -2.06. The molecule has 0 unspecified atom stereocenters. The number of hydrogen-bond acceptors (Lipinski definition) is 4. The van der Waals surface area contributed by atoms with Crippen LogP contribution in [-0.2, 0) is 9.53 Å². The minimum Gasteiger partial charge on any atom is -0.459 e. The Morgan fingerprint density at radius 2 is 2.12 bits per heavy atom. The van der Waals surface area contributed by atoms with Crippen molar-refractivity contribution in [2.75, 3.05) is 0 Å². The van der Waals surface area contributed by atoms with Gasteiger partial charge in [0.15, 0.2) is 0 Å². The van der Waals surface area contributed by atoms with Crippen molar-refractivity contribution in [2.24, 2.45) is 0 Å². The van der Waals surface area contributed by atoms with Crippen molar-refractivity contribution >= 4 is 12.0 Å². The van der Waals surface area contributed by atoms with Crippen LogP contribution in [0.3, 0.4) is 0 Å². The lowest BCUT2D eigenvalue weighted by molar-refractivity contribution is -0.142. The number of nitrogens with zero attached hydrogens (tertiary/aromatic N) is 2. The van der Waals surface area contributed by atoms with E-state index in [0.29, 0.717) is 0 Å². The zero-order chi connectivity index (χ0) is 12.0. The molecule has 0 amide bonds. The van der Waals surface area contributed by atoms with Crippen LogP contribution in [0.1, 0.15) is 19.4 Å². The Hall–Kier alpha value is -2.15. The summed E-state index contributed by atoms with van der Waals surface area (Å²) in [5.74, 6) is -0.602. The number of carbonyl (C=O) groups excluding carboxylic acids is 1. The lowest BCUT2D eigenvalue weighted by Crippen LogP contribution is -2.12. The second-order valence-corrected chi connectivity index (χ2v) is 3.40. The first-order valence-electron chi connectivity index (χ1n) is 4.86. The largest absolute Gasteiger partial charge is 0.459 e. The summed E-state index contributed by atoms with van der Waals surface area (Å²) in [6, 6.07) is 5.24. The van der Waals surface area contributed by atoms with Gasteiger partial charge < -0.3 is 4.74 Å². The van der Waals surface area contributed by atoms with Crippen molar-refractivity contribution in [3.63, 3.8) is 0 Å². The molecular weight excluding hydrogens is 204 g/mol. The average molecular weight is 216 g/mol. The minimum absolute atomic E-state index is 0.0140. The Morgan fingerprint density at radius 3 is 2.62 bits per heavy atom. The van der Waals surface area contributed by atoms with E-state index in [2.05, 4.69) is 4.98 Å². The zero-order valence-corrected chi connectivity index (χ0v) is 9.18. The fourth-order valence-corrected chi connectivity index (χ4v) is 1.04. The maximum absolute atomic E-state index is 11.5. The van der Waals surface area contributed by atoms with Gasteiger partial charge in [0.1, 0.15) is 11.6 Å². The summed E-state index contributed by atoms with van der Waals surface area (Å²) in [5, 5.41) is 8.84. The second-order valence-electron chi connectivity index (χ2n) is 3.40. The standard InChI is InChI=1S/C12H12N2O2/c1-9(2)16-12(15)11(8-13)7-10-3-5-14-6-4-10/h3-7,9H,1-2H3. The summed E-state index contributed by atoms with van der Waals surface area (Å²) in [7, 11) is 0. The SMILES string of the molecule is CC(C)OC(=O)C(C#N)=Cc1ccncc1. The second kappa shape index (κ2) is 5.66. The first-order valence-corrected chi connectivity index (χ1v) is 4.86. The van der Waals surface area contributed by atoms with Crippen LogP contribution >= 0.6 is 0 Å². The van der Waals surface area contributed by atoms with Crippen LogP contribution in [0, 0.1) is 11.3 Å². The molecule has 1 aromatic rings. The van der Waals surface area contributed by atoms with Gasteiger partial charge in [0, 0.05) is 12.4 Å². The van der Waals surface area contributed by atoms with Gasteiger partial charge in [-0.3, -0.25) is 4.98 Å². The number of aromatic nitrogens is 1. The molecule has 0 aliphatic rings. The molecule has 82 valence electrons. The van der Waals surface area contributed by atoms with Gasteiger partial charge in [0.25, 0.3) is 0 Å². The molecule has 1 heterocycles. The molecule has 0 saturated carbocycles. The highest BCUT2D eigenvalue weighted by atomic mass is 16.5. The van der Waals surface area contributed by atoms with Crippen molar-refractivity contribution < 1.29 is 9.53 Å². The highest BCUT2D eigenvalue weighted by Gasteiger charge is 2.11. The third-order valence-corrected chi connectivity index (χ3v) is 1.70. The van der Waals surface area contributed by atoms with Crippen molar-refractivity contribution in [3.8, 4) is 6.07 Å². The van der Waals surface area contributed by atoms with Crippen LogP contribution in [0.5, 0.6) is 0 Å². The Labute approximate surface area is 94.2 Å². The molecule has 0 fully saturated rings. The number of ether oxygens (including phenoxy) is 1. The van der Waals surface area contributed by atoms with Crippen molar-refractivity contribution in [3.05, 3.63) is 35.7 Å². The normalized spacial score (nSPS) is 11.0. The average Bonchev–Trinajstić information content (AvgIpc) is 2.26. The van der Waals surface area contributed by atoms with Crippen LogP contribution in [0.15, 0.2) is 30.1 Å². The van der Waals surface area contributed by atoms with Crippen LogP contribution in [-0.4, -0.2) is 17.1 Å². The van der Waals surface area contributed by atoms with Gasteiger partial charge in [0.05, 0.1) is 6.10 Å². The molecule has 16 heavy (non-hydrogen) atoms. The molecule has 4 heteroatoms. The molecule has 0 aliphatic carbocycles. The van der Waals surface area contributed by atoms with E-state index in [0.717, 1.165) is 5.56 Å². The summed E-state index contributed by atoms with van der Waals surface area (Å²) < 4.78 is 4.93. The predicted octanol–water partition coefficient (Wildman–Crippen LogP) is 1.94. The Kier molecular flexibility index (Phi) is 4.22. The molecule has 0 radical (unpaired) electrons. The third-order valence-electron chi connectivity index (χ3n) is 1.70. The third kappa shape index (κ3) is 3.54. The Balaban J connectivity index is 2.88. The van der Waals surface area contributed by atoms with Crippen LogP contribution in [0.2, 0.25) is 0 Å². The van der Waals surface area contributed by atoms with E-state index in [9.17, 15) is 4.79 Å². The molecule has 0 spiro atoms. The molecular formula is C12H12N2O2. The Bertz CT molecular complexity index is 430. The maximum atomic E-state index is 11.5. The summed E-state index contributed by atoms with van der Waals surface area (Å²) in [4.78, 5) is 15.3. The molecule has 0 saturated heterocycles. The molecule has 4 nitrogen and oxygen atoms in total. The number of rotatable bonds is 3. The number of esters is 1.